The number of benzene rings is 2. The number of aliphatic hydroxyl groups excluding tert-OH is 1. The lowest BCUT2D eigenvalue weighted by atomic mass is 9.84. The first-order valence-electron chi connectivity index (χ1n) is 7.99. The monoisotopic (exact) mass is 311 g/mol. The first-order valence-corrected chi connectivity index (χ1v) is 7.99. The molecule has 0 saturated heterocycles. The average Bonchev–Trinajstić information content (AvgIpc) is 2.56. The molecule has 1 unspecified atom stereocenters. The number of rotatable bonds is 8. The molecule has 2 aromatic carbocycles. The van der Waals surface area contributed by atoms with Gasteiger partial charge in [-0.15, -0.1) is 0 Å². The fourth-order valence-electron chi connectivity index (χ4n) is 2.77. The Morgan fingerprint density at radius 1 is 1.04 bits per heavy atom. The van der Waals surface area contributed by atoms with Crippen LogP contribution in [0, 0.1) is 5.41 Å². The van der Waals surface area contributed by atoms with E-state index in [0.29, 0.717) is 0 Å². The molecule has 3 nitrogen and oxygen atoms in total. The maximum absolute atomic E-state index is 10.8. The van der Waals surface area contributed by atoms with Crippen LogP contribution in [0.3, 0.4) is 0 Å². The molecule has 0 aliphatic rings. The van der Waals surface area contributed by atoms with E-state index in [1.165, 1.54) is 16.7 Å². The summed E-state index contributed by atoms with van der Waals surface area (Å²) < 4.78 is 0. The lowest BCUT2D eigenvalue weighted by Crippen LogP contribution is -2.36. The highest BCUT2D eigenvalue weighted by Crippen LogP contribution is 2.24. The lowest BCUT2D eigenvalue weighted by Gasteiger charge is -2.27. The number of amides is 1. The van der Waals surface area contributed by atoms with Crippen molar-refractivity contribution in [2.24, 2.45) is 5.41 Å². The van der Waals surface area contributed by atoms with Crippen LogP contribution >= 0.6 is 0 Å². The Balaban J connectivity index is 2.07. The van der Waals surface area contributed by atoms with E-state index in [1.54, 1.807) is 0 Å². The second-order valence-corrected chi connectivity index (χ2v) is 6.77. The molecule has 3 heteroatoms. The predicted octanol–water partition coefficient (Wildman–Crippen LogP) is 3.42. The summed E-state index contributed by atoms with van der Waals surface area (Å²) in [5.41, 5.74) is 3.36. The van der Waals surface area contributed by atoms with E-state index < -0.39 is 0 Å². The number of carbonyl (C=O) groups is 1. The summed E-state index contributed by atoms with van der Waals surface area (Å²) in [6.07, 6.45) is 2.25. The molecule has 0 aliphatic heterocycles. The molecule has 0 bridgehead atoms. The summed E-state index contributed by atoms with van der Waals surface area (Å²) in [7, 11) is 0. The fourth-order valence-corrected chi connectivity index (χ4v) is 2.77. The van der Waals surface area contributed by atoms with Gasteiger partial charge in [-0.3, -0.25) is 4.79 Å². The molecule has 23 heavy (non-hydrogen) atoms. The van der Waals surface area contributed by atoms with Gasteiger partial charge in [-0.2, -0.15) is 0 Å². The fraction of sp³-hybridized carbons (Fsp3) is 0.350. The number of hydrogen-bond donors (Lipinski definition) is 2. The van der Waals surface area contributed by atoms with Crippen molar-refractivity contribution < 1.29 is 9.90 Å². The van der Waals surface area contributed by atoms with Crippen molar-refractivity contribution in [1.29, 1.82) is 0 Å². The zero-order chi connectivity index (χ0) is 16.7. The Labute approximate surface area is 138 Å². The molecule has 0 radical (unpaired) electrons. The Morgan fingerprint density at radius 2 is 1.65 bits per heavy atom. The maximum atomic E-state index is 10.8. The zero-order valence-electron chi connectivity index (χ0n) is 13.8. The van der Waals surface area contributed by atoms with Crippen molar-refractivity contribution >= 4 is 6.41 Å². The second kappa shape index (κ2) is 7.93. The van der Waals surface area contributed by atoms with E-state index in [1.807, 2.05) is 32.0 Å². The van der Waals surface area contributed by atoms with Gasteiger partial charge in [0.2, 0.25) is 6.41 Å². The molecule has 0 aliphatic carbocycles. The van der Waals surface area contributed by atoms with Crippen LogP contribution in [0.1, 0.15) is 25.8 Å². The molecule has 2 rings (SSSR count). The normalized spacial score (nSPS) is 12.7. The molecule has 0 heterocycles. The van der Waals surface area contributed by atoms with Crippen molar-refractivity contribution in [1.82, 2.24) is 5.32 Å². The van der Waals surface area contributed by atoms with E-state index >= 15 is 0 Å². The van der Waals surface area contributed by atoms with Crippen LogP contribution < -0.4 is 5.32 Å². The first kappa shape index (κ1) is 17.2. The molecule has 0 spiro atoms. The minimum Gasteiger partial charge on any atom is -0.396 e. The SMILES string of the molecule is CC(C)(CO)CC(Cc1ccc(-c2ccccc2)cc1)NC=O. The van der Waals surface area contributed by atoms with Crippen LogP contribution in [-0.2, 0) is 11.2 Å². The highest BCUT2D eigenvalue weighted by Gasteiger charge is 2.22. The quantitative estimate of drug-likeness (QED) is 0.734. The van der Waals surface area contributed by atoms with Gasteiger partial charge in [-0.1, -0.05) is 68.4 Å². The lowest BCUT2D eigenvalue weighted by molar-refractivity contribution is -0.110. The Hall–Kier alpha value is -2.13. The van der Waals surface area contributed by atoms with Crippen molar-refractivity contribution in [3.05, 3.63) is 60.2 Å². The summed E-state index contributed by atoms with van der Waals surface area (Å²) in [6, 6.07) is 18.7. The number of nitrogens with one attached hydrogen (secondary N) is 1. The minimum absolute atomic E-state index is 0.0252. The Morgan fingerprint density at radius 3 is 2.22 bits per heavy atom. The van der Waals surface area contributed by atoms with E-state index in [-0.39, 0.29) is 18.1 Å². The van der Waals surface area contributed by atoms with E-state index in [0.717, 1.165) is 19.3 Å². The van der Waals surface area contributed by atoms with Gasteiger partial charge in [0.1, 0.15) is 0 Å². The van der Waals surface area contributed by atoms with E-state index in [2.05, 4.69) is 41.7 Å². The maximum Gasteiger partial charge on any atom is 0.207 e. The smallest absolute Gasteiger partial charge is 0.207 e. The Bertz CT molecular complexity index is 605. The third-order valence-corrected chi connectivity index (χ3v) is 4.07. The van der Waals surface area contributed by atoms with Gasteiger partial charge in [0.25, 0.3) is 0 Å². The standard InChI is InChI=1S/C20H25NO2/c1-20(2,14-22)13-19(21-15-23)12-16-8-10-18(11-9-16)17-6-4-3-5-7-17/h3-11,15,19,22H,12-14H2,1-2H3,(H,21,23). The van der Waals surface area contributed by atoms with Gasteiger partial charge in [0, 0.05) is 12.6 Å². The van der Waals surface area contributed by atoms with Crippen LogP contribution in [0.15, 0.2) is 54.6 Å². The van der Waals surface area contributed by atoms with E-state index in [4.69, 9.17) is 0 Å². The molecule has 2 aromatic rings. The average molecular weight is 311 g/mol. The first-order chi connectivity index (χ1) is 11.0. The minimum atomic E-state index is -0.204. The summed E-state index contributed by atoms with van der Waals surface area (Å²) in [4.78, 5) is 10.8. The molecule has 1 atom stereocenters. The second-order valence-electron chi connectivity index (χ2n) is 6.77. The van der Waals surface area contributed by atoms with Crippen molar-refractivity contribution in [3.8, 4) is 11.1 Å². The molecule has 0 saturated carbocycles. The molecule has 122 valence electrons. The highest BCUT2D eigenvalue weighted by molar-refractivity contribution is 5.63. The third-order valence-electron chi connectivity index (χ3n) is 4.07. The van der Waals surface area contributed by atoms with Gasteiger partial charge in [-0.05, 0) is 34.9 Å². The van der Waals surface area contributed by atoms with Crippen LogP contribution in [-0.4, -0.2) is 24.2 Å². The van der Waals surface area contributed by atoms with Gasteiger partial charge < -0.3 is 10.4 Å². The van der Waals surface area contributed by atoms with Gasteiger partial charge in [-0.25, -0.2) is 0 Å². The molecular weight excluding hydrogens is 286 g/mol. The van der Waals surface area contributed by atoms with Gasteiger partial charge >= 0.3 is 0 Å². The van der Waals surface area contributed by atoms with Gasteiger partial charge in [0.05, 0.1) is 0 Å². The van der Waals surface area contributed by atoms with Crippen LogP contribution in [0.25, 0.3) is 11.1 Å². The zero-order valence-corrected chi connectivity index (χ0v) is 13.8. The molecule has 1 amide bonds. The molecule has 0 fully saturated rings. The van der Waals surface area contributed by atoms with Crippen molar-refractivity contribution in [2.45, 2.75) is 32.7 Å². The van der Waals surface area contributed by atoms with Gasteiger partial charge in [0.15, 0.2) is 0 Å². The molecule has 2 N–H and O–H groups in total. The van der Waals surface area contributed by atoms with Crippen LogP contribution in [0.2, 0.25) is 0 Å². The van der Waals surface area contributed by atoms with Crippen LogP contribution in [0.4, 0.5) is 0 Å². The highest BCUT2D eigenvalue weighted by atomic mass is 16.3. The summed E-state index contributed by atoms with van der Waals surface area (Å²) >= 11 is 0. The van der Waals surface area contributed by atoms with E-state index in [9.17, 15) is 9.90 Å². The summed E-state index contributed by atoms with van der Waals surface area (Å²) in [6.45, 7) is 4.12. The number of hydrogen-bond acceptors (Lipinski definition) is 2. The topological polar surface area (TPSA) is 49.3 Å². The number of aliphatic hydroxyl groups is 1. The Kier molecular flexibility index (Phi) is 5.94. The van der Waals surface area contributed by atoms with Crippen molar-refractivity contribution in [3.63, 3.8) is 0 Å². The van der Waals surface area contributed by atoms with Crippen LogP contribution in [0.5, 0.6) is 0 Å². The largest absolute Gasteiger partial charge is 0.396 e. The molecular formula is C20H25NO2. The predicted molar refractivity (Wildman–Crippen MR) is 94.1 cm³/mol. The molecule has 0 aromatic heterocycles. The van der Waals surface area contributed by atoms with Crippen molar-refractivity contribution in [2.75, 3.05) is 6.61 Å². The summed E-state index contributed by atoms with van der Waals surface area (Å²) in [5.74, 6) is 0. The third kappa shape index (κ3) is 5.22. The summed E-state index contributed by atoms with van der Waals surface area (Å²) in [5, 5.41) is 12.3. The number of carbonyl (C=O) groups excluding carboxylic acids is 1.